The van der Waals surface area contributed by atoms with E-state index < -0.39 is 0 Å². The first kappa shape index (κ1) is 58.0. The van der Waals surface area contributed by atoms with E-state index in [2.05, 4.69) is 8.42 Å². The summed E-state index contributed by atoms with van der Waals surface area (Å²) in [6.07, 6.45) is 0. The molecule has 0 nitrogen and oxygen atoms in total. The topological polar surface area (TPSA) is 0 Å². The third-order valence-corrected chi connectivity index (χ3v) is 0. The Kier molecular flexibility index (Phi) is 492. The molecular formula is C2H4Bi8Cl2Zr. The van der Waals surface area contributed by atoms with Crippen LogP contribution in [0.2, 0.25) is 0 Å². The van der Waals surface area contributed by atoms with Crippen LogP contribution in [0.1, 0.15) is 0 Å². The molecule has 0 aliphatic carbocycles. The average molecular weight is 1860 g/mol. The van der Waals surface area contributed by atoms with Gasteiger partial charge in [0, 0.05) is 0 Å². The van der Waals surface area contributed by atoms with Gasteiger partial charge >= 0.3 is 213 Å². The van der Waals surface area contributed by atoms with Crippen molar-refractivity contribution in [1.82, 2.24) is 0 Å². The van der Waals surface area contributed by atoms with Gasteiger partial charge in [-0.1, -0.05) is 0 Å². The minimum absolute atomic E-state index is 0. The van der Waals surface area contributed by atoms with Crippen LogP contribution in [0.3, 0.4) is 0 Å². The fourth-order valence-electron chi connectivity index (χ4n) is 0. The van der Waals surface area contributed by atoms with Crippen molar-refractivity contribution in [2.24, 2.45) is 0 Å². The van der Waals surface area contributed by atoms with Crippen molar-refractivity contribution >= 4 is 186 Å². The molecule has 13 heavy (non-hydrogen) atoms. The molecule has 0 unspecified atom stereocenters. The Morgan fingerprint density at radius 2 is 0.538 bits per heavy atom. The third kappa shape index (κ3) is 98.9. The molecule has 0 aromatic heterocycles. The fraction of sp³-hybridized carbons (Fsp3) is 0. The first-order valence-corrected chi connectivity index (χ1v) is 35.3. The second-order valence-electron chi connectivity index (χ2n) is 0. The summed E-state index contributed by atoms with van der Waals surface area (Å²) in [5.74, 6) is 0. The summed E-state index contributed by atoms with van der Waals surface area (Å²) in [5, 5.41) is 0. The van der Waals surface area contributed by atoms with Gasteiger partial charge in [-0.25, -0.2) is 0 Å². The van der Waals surface area contributed by atoms with Crippen molar-refractivity contribution < 1.29 is 51.0 Å². The molecule has 11 heteroatoms. The van der Waals surface area contributed by atoms with E-state index in [-0.39, 0.29) is 103 Å². The largest absolute Gasteiger partial charge is 4.00 e. The van der Waals surface area contributed by atoms with E-state index in [1.54, 1.807) is 77.0 Å². The molecule has 0 saturated carbocycles. The molecule has 0 rings (SSSR count). The molecule has 0 spiro atoms. The Morgan fingerprint density at radius 1 is 0.538 bits per heavy atom. The molecule has 0 heterocycles. The summed E-state index contributed by atoms with van der Waals surface area (Å²) in [7, 11) is 0. The third-order valence-electron chi connectivity index (χ3n) is 0. The summed E-state index contributed by atoms with van der Waals surface area (Å²) in [4.78, 5) is 0. The van der Waals surface area contributed by atoms with Crippen molar-refractivity contribution in [3.8, 4) is 0 Å². The van der Waals surface area contributed by atoms with Crippen LogP contribution in [0.15, 0.2) is 0 Å². The van der Waals surface area contributed by atoms with Gasteiger partial charge in [0.2, 0.25) is 0 Å². The number of hydrogen-bond acceptors (Lipinski definition) is 0. The summed E-state index contributed by atoms with van der Waals surface area (Å²) in [5.41, 5.74) is 0. The van der Waals surface area contributed by atoms with E-state index in [9.17, 15) is 0 Å². The molecule has 0 aromatic rings. The van der Waals surface area contributed by atoms with Crippen molar-refractivity contribution in [1.29, 1.82) is 0 Å². The molecule has 10 radical (unpaired) electrons. The van der Waals surface area contributed by atoms with Crippen LogP contribution in [0.4, 0.5) is 0 Å². The van der Waals surface area contributed by atoms with Crippen LogP contribution in [0.25, 0.3) is 0 Å². The van der Waals surface area contributed by atoms with Gasteiger partial charge < -0.3 is 24.8 Å². The van der Waals surface area contributed by atoms with E-state index in [4.69, 9.17) is 0 Å². The standard InChI is InChI=1S/2CH.8Bi.2ClH.Zr.2H/h2*1H;;;;;;;;;2*1H;;;/q2*-1;;;;;;;;;;;+4;;/p-2. The van der Waals surface area contributed by atoms with E-state index >= 15 is 0 Å². The minimum atomic E-state index is 0. The molecule has 0 N–H and O–H groups in total. The first-order valence-electron chi connectivity index (χ1n) is 0.916. The predicted molar refractivity (Wildman–Crippen MR) is 60.9 cm³/mol. The van der Waals surface area contributed by atoms with Crippen LogP contribution in [0.5, 0.6) is 0 Å². The van der Waals surface area contributed by atoms with E-state index in [1.165, 1.54) is 0 Å². The fourth-order valence-corrected chi connectivity index (χ4v) is 0. The Morgan fingerprint density at radius 3 is 0.538 bits per heavy atom. The van der Waals surface area contributed by atoms with Crippen molar-refractivity contribution in [3.63, 3.8) is 0 Å². The van der Waals surface area contributed by atoms with Crippen LogP contribution in [-0.2, 0) is 26.2 Å². The zero-order valence-corrected chi connectivity index (χ0v) is 38.7. The Labute approximate surface area is 230 Å². The van der Waals surface area contributed by atoms with Crippen LogP contribution in [0, 0.1) is 0 Å². The molecule has 0 saturated heterocycles. The maximum atomic E-state index is 4.61. The molecular weight excluding hydrogens is 1860 g/mol. The molecule has 0 aliphatic heterocycles. The Bertz CT molecular complexity index is 28.1. The zero-order chi connectivity index (χ0) is 8.00. The normalized spacial score (nSPS) is 1.23. The maximum Gasteiger partial charge on any atom is 4.00 e. The molecule has 0 aliphatic rings. The van der Waals surface area contributed by atoms with Gasteiger partial charge in [-0.2, -0.15) is 0 Å². The smallest absolute Gasteiger partial charge is 1.00 e. The van der Waals surface area contributed by atoms with Gasteiger partial charge in [-0.15, -0.1) is 0 Å². The molecule has 0 fully saturated rings. The molecule has 70 valence electrons. The van der Waals surface area contributed by atoms with E-state index in [1.807, 2.05) is 0 Å². The number of hydrogen-bond donors (Lipinski definition) is 0. The van der Waals surface area contributed by atoms with Gasteiger partial charge in [-0.05, 0) is 0 Å². The minimum Gasteiger partial charge on any atom is -1.00 e. The van der Waals surface area contributed by atoms with Gasteiger partial charge in [0.1, 0.15) is 0 Å². The first-order chi connectivity index (χ1) is 4.00. The molecule has 0 bridgehead atoms. The van der Waals surface area contributed by atoms with E-state index in [0.717, 1.165) is 48.5 Å². The maximum absolute atomic E-state index is 4.61. The Balaban J connectivity index is -0.00000000208. The van der Waals surface area contributed by atoms with Crippen LogP contribution in [-0.4, -0.2) is 186 Å². The monoisotopic (exact) mass is 1860 g/mol. The summed E-state index contributed by atoms with van der Waals surface area (Å²) in [6, 6.07) is 0. The van der Waals surface area contributed by atoms with Crippen molar-refractivity contribution in [3.05, 3.63) is 0 Å². The number of rotatable bonds is 0. The average Bonchev–Trinajstić information content (AvgIpc) is 2.03. The zero-order valence-electron chi connectivity index (χ0n) is 6.09. The molecule has 0 amide bonds. The quantitative estimate of drug-likeness (QED) is 0.168. The van der Waals surface area contributed by atoms with Crippen LogP contribution < -0.4 is 24.8 Å². The van der Waals surface area contributed by atoms with Gasteiger partial charge in [0.25, 0.3) is 0 Å². The summed E-state index contributed by atoms with van der Waals surface area (Å²) < 4.78 is 9.22. The van der Waals surface area contributed by atoms with Crippen LogP contribution >= 0.6 is 0 Å². The van der Waals surface area contributed by atoms with Gasteiger partial charge in [0.15, 0.2) is 0 Å². The summed E-state index contributed by atoms with van der Waals surface area (Å²) in [6.45, 7) is 0. The summed E-state index contributed by atoms with van der Waals surface area (Å²) >= 11 is 8.11. The number of halogens is 2. The second-order valence-corrected chi connectivity index (χ2v) is 0. The van der Waals surface area contributed by atoms with Crippen molar-refractivity contribution in [2.45, 2.75) is 0 Å². The van der Waals surface area contributed by atoms with Gasteiger partial charge in [0.05, 0.1) is 0 Å². The molecule has 0 aromatic carbocycles. The predicted octanol–water partition coefficient (Wildman–Crippen LogP) is -9.89. The molecule has 0 atom stereocenters. The second kappa shape index (κ2) is 110. The Hall–Kier alpha value is 8.27. The van der Waals surface area contributed by atoms with Crippen molar-refractivity contribution in [2.75, 3.05) is 0 Å². The van der Waals surface area contributed by atoms with E-state index in [0.29, 0.717) is 0 Å². The van der Waals surface area contributed by atoms with Gasteiger partial charge in [-0.3, -0.25) is 0 Å². The SMILES string of the molecule is [BiH].[BiH].[Bi]=[Bi].[Bi]=[Bi].[CH-]=[Bi].[CH-]=[Bi].[Cl-].[Cl-].[Zr+4].